The van der Waals surface area contributed by atoms with Gasteiger partial charge < -0.3 is 4.57 Å². The molecule has 1 aliphatic rings. The SMILES string of the molecule is C1=CCn2ccnc2N=C1. The van der Waals surface area contributed by atoms with Gasteiger partial charge in [0.2, 0.25) is 5.95 Å². The average molecular weight is 133 g/mol. The molecule has 0 atom stereocenters. The highest BCUT2D eigenvalue weighted by Gasteiger charge is 1.97. The Morgan fingerprint density at radius 2 is 2.50 bits per heavy atom. The van der Waals surface area contributed by atoms with Crippen LogP contribution in [0.1, 0.15) is 0 Å². The van der Waals surface area contributed by atoms with Gasteiger partial charge in [0.1, 0.15) is 0 Å². The first-order valence-corrected chi connectivity index (χ1v) is 3.17. The van der Waals surface area contributed by atoms with Gasteiger partial charge in [-0.05, 0) is 6.08 Å². The zero-order valence-electron chi connectivity index (χ0n) is 5.44. The highest BCUT2D eigenvalue weighted by molar-refractivity contribution is 5.73. The van der Waals surface area contributed by atoms with Crippen LogP contribution in [0.2, 0.25) is 0 Å². The molecule has 1 aliphatic heterocycles. The third-order valence-electron chi connectivity index (χ3n) is 1.41. The summed E-state index contributed by atoms with van der Waals surface area (Å²) < 4.78 is 1.99. The van der Waals surface area contributed by atoms with Crippen LogP contribution >= 0.6 is 0 Å². The lowest BCUT2D eigenvalue weighted by Gasteiger charge is -1.95. The van der Waals surface area contributed by atoms with Gasteiger partial charge in [-0.3, -0.25) is 0 Å². The number of aromatic nitrogens is 2. The second-order valence-electron chi connectivity index (χ2n) is 2.09. The van der Waals surface area contributed by atoms with Crippen molar-refractivity contribution in [2.24, 2.45) is 4.99 Å². The van der Waals surface area contributed by atoms with Crippen LogP contribution in [0.15, 0.2) is 29.5 Å². The Hall–Kier alpha value is -1.38. The number of nitrogens with zero attached hydrogens (tertiary/aromatic N) is 3. The summed E-state index contributed by atoms with van der Waals surface area (Å²) in [6.45, 7) is 0.870. The molecular formula is C7H7N3. The van der Waals surface area contributed by atoms with Crippen LogP contribution in [0, 0.1) is 0 Å². The van der Waals surface area contributed by atoms with E-state index in [0.717, 1.165) is 12.5 Å². The van der Waals surface area contributed by atoms with Crippen LogP contribution in [-0.2, 0) is 6.54 Å². The highest BCUT2D eigenvalue weighted by atomic mass is 15.2. The molecule has 0 N–H and O–H groups in total. The number of rotatable bonds is 0. The number of imidazole rings is 1. The lowest BCUT2D eigenvalue weighted by molar-refractivity contribution is 0.827. The maximum Gasteiger partial charge on any atom is 0.229 e. The van der Waals surface area contributed by atoms with E-state index < -0.39 is 0 Å². The quantitative estimate of drug-likeness (QED) is 0.522. The summed E-state index contributed by atoms with van der Waals surface area (Å²) in [4.78, 5) is 8.13. The van der Waals surface area contributed by atoms with Crippen molar-refractivity contribution in [2.45, 2.75) is 6.54 Å². The predicted molar refractivity (Wildman–Crippen MR) is 39.5 cm³/mol. The molecule has 0 bridgehead atoms. The molecular weight excluding hydrogens is 126 g/mol. The molecule has 3 heteroatoms. The third kappa shape index (κ3) is 0.757. The Morgan fingerprint density at radius 1 is 1.50 bits per heavy atom. The third-order valence-corrected chi connectivity index (χ3v) is 1.41. The number of allylic oxidation sites excluding steroid dienone is 2. The maximum atomic E-state index is 4.09. The summed E-state index contributed by atoms with van der Waals surface area (Å²) in [6, 6.07) is 0. The zero-order chi connectivity index (χ0) is 6.81. The maximum absolute atomic E-state index is 4.09. The summed E-state index contributed by atoms with van der Waals surface area (Å²) in [6.07, 6.45) is 9.40. The van der Waals surface area contributed by atoms with E-state index in [1.54, 1.807) is 12.4 Å². The molecule has 0 aliphatic carbocycles. The van der Waals surface area contributed by atoms with Gasteiger partial charge in [0.25, 0.3) is 0 Å². The number of aliphatic imine (C=N–C) groups is 1. The van der Waals surface area contributed by atoms with E-state index in [-0.39, 0.29) is 0 Å². The van der Waals surface area contributed by atoms with E-state index in [4.69, 9.17) is 0 Å². The van der Waals surface area contributed by atoms with Crippen molar-refractivity contribution in [3.63, 3.8) is 0 Å². The molecule has 2 rings (SSSR count). The molecule has 2 heterocycles. The van der Waals surface area contributed by atoms with Gasteiger partial charge in [0.05, 0.1) is 0 Å². The summed E-state index contributed by atoms with van der Waals surface area (Å²) in [5, 5.41) is 0. The minimum absolute atomic E-state index is 0.782. The monoisotopic (exact) mass is 133 g/mol. The van der Waals surface area contributed by atoms with Crippen LogP contribution in [0.5, 0.6) is 0 Å². The first-order valence-electron chi connectivity index (χ1n) is 3.17. The van der Waals surface area contributed by atoms with E-state index in [1.807, 2.05) is 22.9 Å². The van der Waals surface area contributed by atoms with E-state index in [2.05, 4.69) is 9.98 Å². The molecule has 0 aromatic carbocycles. The van der Waals surface area contributed by atoms with E-state index in [9.17, 15) is 0 Å². The summed E-state index contributed by atoms with van der Waals surface area (Å²) >= 11 is 0. The first-order chi connectivity index (χ1) is 4.97. The Bertz CT molecular complexity index is 283. The van der Waals surface area contributed by atoms with Gasteiger partial charge in [0, 0.05) is 25.2 Å². The van der Waals surface area contributed by atoms with Crippen LogP contribution < -0.4 is 0 Å². The predicted octanol–water partition coefficient (Wildman–Crippen LogP) is 1.16. The molecule has 0 saturated carbocycles. The standard InChI is InChI=1S/C7H7N3/c1-2-5-10-6-4-9-7(10)8-3-1/h1-4,6H,5H2. The van der Waals surface area contributed by atoms with Crippen molar-refractivity contribution in [3.05, 3.63) is 24.5 Å². The molecule has 0 unspecified atom stereocenters. The molecule has 0 fully saturated rings. The largest absolute Gasteiger partial charge is 0.312 e. The number of fused-ring (bicyclic) bond motifs is 1. The fourth-order valence-corrected chi connectivity index (χ4v) is 0.916. The average Bonchev–Trinajstić information content (AvgIpc) is 2.28. The summed E-state index contributed by atoms with van der Waals surface area (Å²) in [5.74, 6) is 0.782. The van der Waals surface area contributed by atoms with Gasteiger partial charge in [-0.25, -0.2) is 9.98 Å². The molecule has 0 amide bonds. The molecule has 50 valence electrons. The lowest BCUT2D eigenvalue weighted by Crippen LogP contribution is -1.89. The molecule has 0 radical (unpaired) electrons. The zero-order valence-corrected chi connectivity index (χ0v) is 5.44. The van der Waals surface area contributed by atoms with Gasteiger partial charge in [0.15, 0.2) is 0 Å². The van der Waals surface area contributed by atoms with E-state index >= 15 is 0 Å². The Kier molecular flexibility index (Phi) is 1.13. The van der Waals surface area contributed by atoms with Crippen LogP contribution in [0.25, 0.3) is 0 Å². The molecule has 0 spiro atoms. The Labute approximate surface area is 58.7 Å². The Morgan fingerprint density at radius 3 is 3.50 bits per heavy atom. The molecule has 3 nitrogen and oxygen atoms in total. The van der Waals surface area contributed by atoms with Crippen LogP contribution in [0.4, 0.5) is 5.95 Å². The molecule has 0 saturated heterocycles. The van der Waals surface area contributed by atoms with Gasteiger partial charge in [-0.2, -0.15) is 0 Å². The van der Waals surface area contributed by atoms with Crippen molar-refractivity contribution in [2.75, 3.05) is 0 Å². The fraction of sp³-hybridized carbons (Fsp3) is 0.143. The van der Waals surface area contributed by atoms with Gasteiger partial charge in [-0.1, -0.05) is 6.08 Å². The minimum Gasteiger partial charge on any atom is -0.312 e. The van der Waals surface area contributed by atoms with Crippen molar-refractivity contribution in [1.82, 2.24) is 9.55 Å². The van der Waals surface area contributed by atoms with Gasteiger partial charge >= 0.3 is 0 Å². The minimum atomic E-state index is 0.782. The van der Waals surface area contributed by atoms with Crippen molar-refractivity contribution in [3.8, 4) is 0 Å². The Balaban J connectivity index is 2.50. The molecule has 10 heavy (non-hydrogen) atoms. The smallest absolute Gasteiger partial charge is 0.229 e. The molecule has 1 aromatic rings. The van der Waals surface area contributed by atoms with Crippen LogP contribution in [0.3, 0.4) is 0 Å². The normalized spacial score (nSPS) is 14.8. The van der Waals surface area contributed by atoms with Crippen LogP contribution in [-0.4, -0.2) is 15.8 Å². The number of hydrogen-bond acceptors (Lipinski definition) is 2. The molecule has 1 aromatic heterocycles. The second kappa shape index (κ2) is 2.10. The second-order valence-corrected chi connectivity index (χ2v) is 2.09. The van der Waals surface area contributed by atoms with E-state index in [1.165, 1.54) is 0 Å². The lowest BCUT2D eigenvalue weighted by atomic mass is 10.5. The fourth-order valence-electron chi connectivity index (χ4n) is 0.916. The topological polar surface area (TPSA) is 30.2 Å². The van der Waals surface area contributed by atoms with Gasteiger partial charge in [-0.15, -0.1) is 0 Å². The van der Waals surface area contributed by atoms with Crippen molar-refractivity contribution < 1.29 is 0 Å². The summed E-state index contributed by atoms with van der Waals surface area (Å²) in [5.41, 5.74) is 0. The van der Waals surface area contributed by atoms with Crippen molar-refractivity contribution in [1.29, 1.82) is 0 Å². The summed E-state index contributed by atoms with van der Waals surface area (Å²) in [7, 11) is 0. The van der Waals surface area contributed by atoms with E-state index in [0.29, 0.717) is 0 Å². The first kappa shape index (κ1) is 5.41. The van der Waals surface area contributed by atoms with Crippen molar-refractivity contribution >= 4 is 12.2 Å². The number of hydrogen-bond donors (Lipinski definition) is 0. The highest BCUT2D eigenvalue weighted by Crippen LogP contribution is 2.09.